The van der Waals surface area contributed by atoms with Crippen molar-refractivity contribution in [3.63, 3.8) is 0 Å². The van der Waals surface area contributed by atoms with E-state index in [1.807, 2.05) is 12.3 Å². The van der Waals surface area contributed by atoms with Crippen LogP contribution >= 0.6 is 0 Å². The number of aromatic nitrogens is 1. The number of halogens is 2. The molecule has 0 radical (unpaired) electrons. The summed E-state index contributed by atoms with van der Waals surface area (Å²) < 4.78 is 55.9. The van der Waals surface area contributed by atoms with Crippen LogP contribution in [-0.2, 0) is 10.0 Å². The predicted molar refractivity (Wildman–Crippen MR) is 96.0 cm³/mol. The maximum atomic E-state index is 13.4. The summed E-state index contributed by atoms with van der Waals surface area (Å²) in [5, 5.41) is 4.33. The van der Waals surface area contributed by atoms with Crippen LogP contribution in [0.5, 0.6) is 0 Å². The zero-order valence-corrected chi connectivity index (χ0v) is 15.3. The van der Waals surface area contributed by atoms with Gasteiger partial charge in [-0.1, -0.05) is 6.07 Å². The lowest BCUT2D eigenvalue weighted by atomic mass is 10.1. The summed E-state index contributed by atoms with van der Waals surface area (Å²) >= 11 is 0. The summed E-state index contributed by atoms with van der Waals surface area (Å²) in [5.41, 5.74) is 0.889. The lowest BCUT2D eigenvalue weighted by Crippen LogP contribution is -2.42. The van der Waals surface area contributed by atoms with Crippen LogP contribution in [0.25, 0.3) is 10.9 Å². The molecule has 2 aliphatic rings. The van der Waals surface area contributed by atoms with E-state index in [0.717, 1.165) is 36.8 Å². The first-order chi connectivity index (χ1) is 12.4. The van der Waals surface area contributed by atoms with Gasteiger partial charge in [0.15, 0.2) is 0 Å². The van der Waals surface area contributed by atoms with Crippen LogP contribution in [-0.4, -0.2) is 49.4 Å². The lowest BCUT2D eigenvalue weighted by molar-refractivity contribution is -0.0412. The van der Waals surface area contributed by atoms with Gasteiger partial charge in [-0.3, -0.25) is 0 Å². The molecule has 0 aliphatic carbocycles. The number of sulfonamides is 1. The molecule has 2 saturated heterocycles. The second-order valence-corrected chi connectivity index (χ2v) is 9.12. The van der Waals surface area contributed by atoms with E-state index in [0.29, 0.717) is 6.04 Å². The summed E-state index contributed by atoms with van der Waals surface area (Å²) in [7, 11) is -3.75. The zero-order valence-electron chi connectivity index (χ0n) is 14.5. The molecule has 0 unspecified atom stereocenters. The van der Waals surface area contributed by atoms with Crippen LogP contribution in [0, 0.1) is 0 Å². The Kier molecular flexibility index (Phi) is 4.53. The van der Waals surface area contributed by atoms with Crippen LogP contribution in [0.15, 0.2) is 35.4 Å². The fourth-order valence-electron chi connectivity index (χ4n) is 3.90. The average Bonchev–Trinajstić information content (AvgIpc) is 3.05. The highest BCUT2D eigenvalue weighted by Gasteiger charge is 2.38. The molecule has 8 heteroatoms. The summed E-state index contributed by atoms with van der Waals surface area (Å²) in [6.07, 6.45) is 3.18. The Bertz CT molecular complexity index is 894. The van der Waals surface area contributed by atoms with Crippen molar-refractivity contribution in [3.05, 3.63) is 30.5 Å². The smallest absolute Gasteiger partial charge is 0.250 e. The predicted octanol–water partition coefficient (Wildman–Crippen LogP) is 2.99. The molecule has 1 aromatic carbocycles. The summed E-state index contributed by atoms with van der Waals surface area (Å²) in [5.74, 6) is -2.76. The van der Waals surface area contributed by atoms with Crippen LogP contribution in [0.2, 0.25) is 0 Å². The van der Waals surface area contributed by atoms with Crippen LogP contribution in [0.4, 0.5) is 8.78 Å². The summed E-state index contributed by atoms with van der Waals surface area (Å²) in [6, 6.07) is 7.42. The minimum absolute atomic E-state index is 0.136. The Labute approximate surface area is 152 Å². The molecule has 2 fully saturated rings. The van der Waals surface area contributed by atoms with Crippen LogP contribution in [0.3, 0.4) is 0 Å². The first-order valence-corrected chi connectivity index (χ1v) is 10.5. The molecular weight excluding hydrogens is 360 g/mol. The van der Waals surface area contributed by atoms with Gasteiger partial charge in [0.2, 0.25) is 10.0 Å². The topological polar surface area (TPSA) is 54.3 Å². The Morgan fingerprint density at radius 3 is 2.46 bits per heavy atom. The Balaban J connectivity index is 1.66. The van der Waals surface area contributed by atoms with E-state index in [2.05, 4.69) is 9.88 Å². The molecule has 3 heterocycles. The fourth-order valence-corrected chi connectivity index (χ4v) is 5.36. The van der Waals surface area contributed by atoms with Gasteiger partial charge in [-0.15, -0.1) is 0 Å². The second-order valence-electron chi connectivity index (χ2n) is 7.18. The lowest BCUT2D eigenvalue weighted by Gasteiger charge is -2.31. The number of alkyl halides is 2. The van der Waals surface area contributed by atoms with E-state index in [-0.39, 0.29) is 18.0 Å². The molecule has 2 aliphatic heterocycles. The van der Waals surface area contributed by atoms with Gasteiger partial charge < -0.3 is 9.88 Å². The monoisotopic (exact) mass is 383 g/mol. The number of hydrogen-bond acceptors (Lipinski definition) is 3. The molecule has 0 bridgehead atoms. The van der Waals surface area contributed by atoms with Gasteiger partial charge in [-0.05, 0) is 49.5 Å². The van der Waals surface area contributed by atoms with Gasteiger partial charge in [-0.25, -0.2) is 17.2 Å². The highest BCUT2D eigenvalue weighted by atomic mass is 32.2. The SMILES string of the molecule is O=S(=O)(c1ccc2ccn(C3CCNCC3)c2c1)N1CCC(F)(F)CC1. The minimum atomic E-state index is -3.75. The van der Waals surface area contributed by atoms with Crippen molar-refractivity contribution < 1.29 is 17.2 Å². The molecule has 4 rings (SSSR count). The van der Waals surface area contributed by atoms with Crippen molar-refractivity contribution in [2.24, 2.45) is 0 Å². The van der Waals surface area contributed by atoms with Crippen molar-refractivity contribution in [1.29, 1.82) is 0 Å². The summed E-state index contributed by atoms with van der Waals surface area (Å²) in [4.78, 5) is 0.184. The molecule has 1 N–H and O–H groups in total. The largest absolute Gasteiger partial charge is 0.344 e. The standard InChI is InChI=1S/C18H23F2N3O2S/c19-18(20)6-11-22(12-7-18)26(24,25)16-2-1-14-5-10-23(17(14)13-16)15-3-8-21-9-4-15/h1-2,5,10,13,15,21H,3-4,6-9,11-12H2. The average molecular weight is 383 g/mol. The molecule has 0 saturated carbocycles. The molecular formula is C18H23F2N3O2S. The van der Waals surface area contributed by atoms with Crippen molar-refractivity contribution >= 4 is 20.9 Å². The van der Waals surface area contributed by atoms with Gasteiger partial charge in [0.05, 0.1) is 4.90 Å². The molecule has 1 aromatic heterocycles. The third-order valence-electron chi connectivity index (χ3n) is 5.49. The normalized spacial score (nSPS) is 22.7. The van der Waals surface area contributed by atoms with Crippen LogP contribution in [0.1, 0.15) is 31.7 Å². The number of fused-ring (bicyclic) bond motifs is 1. The number of hydrogen-bond donors (Lipinski definition) is 1. The zero-order chi connectivity index (χ0) is 18.4. The van der Waals surface area contributed by atoms with E-state index in [9.17, 15) is 17.2 Å². The van der Waals surface area contributed by atoms with Gasteiger partial charge in [-0.2, -0.15) is 4.31 Å². The van der Waals surface area contributed by atoms with E-state index < -0.39 is 28.8 Å². The third-order valence-corrected chi connectivity index (χ3v) is 7.38. The van der Waals surface area contributed by atoms with Gasteiger partial charge in [0, 0.05) is 43.7 Å². The first kappa shape index (κ1) is 17.9. The van der Waals surface area contributed by atoms with E-state index >= 15 is 0 Å². The first-order valence-electron chi connectivity index (χ1n) is 9.06. The Morgan fingerprint density at radius 2 is 1.77 bits per heavy atom. The number of piperidine rings is 2. The van der Waals surface area contributed by atoms with Gasteiger partial charge in [0.1, 0.15) is 0 Å². The molecule has 2 aromatic rings. The van der Waals surface area contributed by atoms with Gasteiger partial charge >= 0.3 is 0 Å². The van der Waals surface area contributed by atoms with Crippen LogP contribution < -0.4 is 5.32 Å². The molecule has 26 heavy (non-hydrogen) atoms. The third kappa shape index (κ3) is 3.25. The van der Waals surface area contributed by atoms with E-state index in [4.69, 9.17) is 0 Å². The Morgan fingerprint density at radius 1 is 1.08 bits per heavy atom. The fraction of sp³-hybridized carbons (Fsp3) is 0.556. The summed E-state index contributed by atoms with van der Waals surface area (Å²) in [6.45, 7) is 1.62. The molecule has 0 spiro atoms. The molecule has 0 amide bonds. The van der Waals surface area contributed by atoms with Crippen molar-refractivity contribution in [1.82, 2.24) is 14.2 Å². The highest BCUT2D eigenvalue weighted by Crippen LogP contribution is 2.32. The van der Waals surface area contributed by atoms with Crippen molar-refractivity contribution in [3.8, 4) is 0 Å². The number of nitrogens with one attached hydrogen (secondary N) is 1. The maximum absolute atomic E-state index is 13.4. The maximum Gasteiger partial charge on any atom is 0.250 e. The van der Waals surface area contributed by atoms with Crippen molar-refractivity contribution in [2.75, 3.05) is 26.2 Å². The number of benzene rings is 1. The molecule has 5 nitrogen and oxygen atoms in total. The Hall–Kier alpha value is -1.51. The molecule has 0 atom stereocenters. The number of nitrogens with zero attached hydrogens (tertiary/aromatic N) is 2. The minimum Gasteiger partial charge on any atom is -0.344 e. The number of rotatable bonds is 3. The quantitative estimate of drug-likeness (QED) is 0.887. The van der Waals surface area contributed by atoms with E-state index in [1.165, 1.54) is 4.31 Å². The van der Waals surface area contributed by atoms with Gasteiger partial charge in [0.25, 0.3) is 5.92 Å². The second kappa shape index (κ2) is 6.58. The highest BCUT2D eigenvalue weighted by molar-refractivity contribution is 7.89. The van der Waals surface area contributed by atoms with Crippen molar-refractivity contribution in [2.45, 2.75) is 42.5 Å². The molecule has 142 valence electrons. The van der Waals surface area contributed by atoms with E-state index in [1.54, 1.807) is 18.2 Å².